The van der Waals surface area contributed by atoms with Gasteiger partial charge >= 0.3 is 0 Å². The lowest BCUT2D eigenvalue weighted by Crippen LogP contribution is -2.54. The van der Waals surface area contributed by atoms with Crippen LogP contribution in [0.3, 0.4) is 0 Å². The van der Waals surface area contributed by atoms with Gasteiger partial charge in [-0.15, -0.1) is 0 Å². The Balaban J connectivity index is 1.52. The molecule has 7 heteroatoms. The molecule has 4 aromatic carbocycles. The van der Waals surface area contributed by atoms with Crippen LogP contribution in [0.1, 0.15) is 41.8 Å². The first-order valence-electron chi connectivity index (χ1n) is 13.6. The number of carbonyl (C=O) groups is 3. The van der Waals surface area contributed by atoms with Crippen LogP contribution in [0.2, 0.25) is 0 Å². The number of rotatable bonds is 10. The van der Waals surface area contributed by atoms with Crippen LogP contribution in [0.4, 0.5) is 10.1 Å². The first-order chi connectivity index (χ1) is 19.4. The van der Waals surface area contributed by atoms with Gasteiger partial charge in [0.05, 0.1) is 5.69 Å². The molecule has 1 aliphatic rings. The number of hydrogen-bond donors (Lipinski definition) is 1. The van der Waals surface area contributed by atoms with Gasteiger partial charge in [0, 0.05) is 35.5 Å². The summed E-state index contributed by atoms with van der Waals surface area (Å²) in [5.74, 6) is -1.49. The zero-order valence-corrected chi connectivity index (χ0v) is 22.6. The summed E-state index contributed by atoms with van der Waals surface area (Å²) < 4.78 is 14.9. The number of benzene rings is 4. The molecule has 40 heavy (non-hydrogen) atoms. The molecule has 0 saturated carbocycles. The summed E-state index contributed by atoms with van der Waals surface area (Å²) in [5.41, 5.74) is 2.36. The van der Waals surface area contributed by atoms with E-state index in [-0.39, 0.29) is 37.4 Å². The minimum Gasteiger partial charge on any atom is -0.352 e. The predicted octanol–water partition coefficient (Wildman–Crippen LogP) is 5.49. The second kappa shape index (κ2) is 11.7. The summed E-state index contributed by atoms with van der Waals surface area (Å²) >= 11 is 0. The Morgan fingerprint density at radius 2 is 1.62 bits per heavy atom. The Labute approximate surface area is 233 Å². The van der Waals surface area contributed by atoms with Crippen LogP contribution in [0.5, 0.6) is 0 Å². The normalized spacial score (nSPS) is 13.8. The molecule has 3 amide bonds. The van der Waals surface area contributed by atoms with Crippen LogP contribution in [0.25, 0.3) is 10.8 Å². The lowest BCUT2D eigenvalue weighted by atomic mass is 10.0. The van der Waals surface area contributed by atoms with E-state index in [1.807, 2.05) is 74.5 Å². The molecular formula is C33H32FN3O3. The molecule has 0 aliphatic carbocycles. The van der Waals surface area contributed by atoms with Gasteiger partial charge in [-0.05, 0) is 42.5 Å². The number of nitrogens with one attached hydrogen (secondary N) is 1. The van der Waals surface area contributed by atoms with Crippen LogP contribution in [-0.4, -0.2) is 41.2 Å². The lowest BCUT2D eigenvalue weighted by Gasteiger charge is -2.33. The van der Waals surface area contributed by atoms with Crippen molar-refractivity contribution >= 4 is 34.2 Å². The molecule has 204 valence electrons. The molecule has 6 nitrogen and oxygen atoms in total. The first kappa shape index (κ1) is 27.1. The fourth-order valence-corrected chi connectivity index (χ4v) is 5.17. The van der Waals surface area contributed by atoms with Gasteiger partial charge in [0.2, 0.25) is 11.8 Å². The van der Waals surface area contributed by atoms with Gasteiger partial charge in [-0.25, -0.2) is 4.39 Å². The predicted molar refractivity (Wildman–Crippen MR) is 154 cm³/mol. The highest BCUT2D eigenvalue weighted by atomic mass is 19.1. The van der Waals surface area contributed by atoms with Gasteiger partial charge < -0.3 is 10.2 Å². The molecule has 1 heterocycles. The van der Waals surface area contributed by atoms with Crippen molar-refractivity contribution in [2.45, 2.75) is 45.3 Å². The van der Waals surface area contributed by atoms with Crippen molar-refractivity contribution in [1.29, 1.82) is 0 Å². The average molecular weight is 538 g/mol. The quantitative estimate of drug-likeness (QED) is 0.291. The van der Waals surface area contributed by atoms with Crippen LogP contribution in [-0.2, 0) is 22.6 Å². The van der Waals surface area contributed by atoms with E-state index < -0.39 is 17.8 Å². The van der Waals surface area contributed by atoms with E-state index in [9.17, 15) is 18.8 Å². The van der Waals surface area contributed by atoms with Crippen molar-refractivity contribution in [3.8, 4) is 0 Å². The summed E-state index contributed by atoms with van der Waals surface area (Å²) in [7, 11) is 0. The Bertz CT molecular complexity index is 1550. The highest BCUT2D eigenvalue weighted by molar-refractivity contribution is 6.26. The van der Waals surface area contributed by atoms with E-state index in [4.69, 9.17) is 0 Å². The fraction of sp³-hybridized carbons (Fsp3) is 0.242. The maximum Gasteiger partial charge on any atom is 0.259 e. The van der Waals surface area contributed by atoms with Crippen molar-refractivity contribution in [2.75, 3.05) is 11.4 Å². The zero-order chi connectivity index (χ0) is 28.2. The fourth-order valence-electron chi connectivity index (χ4n) is 5.17. The highest BCUT2D eigenvalue weighted by Crippen LogP contribution is 2.37. The molecule has 5 rings (SSSR count). The maximum absolute atomic E-state index is 14.9. The number of carbonyl (C=O) groups excluding carboxylic acids is 3. The number of amides is 3. The van der Waals surface area contributed by atoms with Gasteiger partial charge in [0.25, 0.3) is 5.91 Å². The monoisotopic (exact) mass is 537 g/mol. The van der Waals surface area contributed by atoms with E-state index in [0.29, 0.717) is 16.8 Å². The van der Waals surface area contributed by atoms with Gasteiger partial charge in [0.1, 0.15) is 18.4 Å². The molecule has 0 saturated heterocycles. The van der Waals surface area contributed by atoms with Crippen molar-refractivity contribution in [3.05, 3.63) is 114 Å². The minimum absolute atomic E-state index is 0.108. The van der Waals surface area contributed by atoms with Crippen molar-refractivity contribution < 1.29 is 18.8 Å². The largest absolute Gasteiger partial charge is 0.352 e. The van der Waals surface area contributed by atoms with Gasteiger partial charge in [-0.1, -0.05) is 79.7 Å². The van der Waals surface area contributed by atoms with Crippen molar-refractivity contribution in [2.24, 2.45) is 0 Å². The third-order valence-corrected chi connectivity index (χ3v) is 7.51. The van der Waals surface area contributed by atoms with E-state index >= 15 is 0 Å². The van der Waals surface area contributed by atoms with Crippen LogP contribution < -0.4 is 10.2 Å². The molecule has 1 N–H and O–H groups in total. The number of nitrogens with zero attached hydrogens (tertiary/aromatic N) is 2. The minimum atomic E-state index is -0.917. The van der Waals surface area contributed by atoms with Crippen molar-refractivity contribution in [1.82, 2.24) is 10.2 Å². The SMILES string of the molecule is CC[C@@H](C)NC(=O)[C@H](Cc1ccccc1)N(Cc1ccccc1F)C(=O)CN1C(=O)c2cccc3cccc1c23. The third-order valence-electron chi connectivity index (χ3n) is 7.51. The zero-order valence-electron chi connectivity index (χ0n) is 22.6. The van der Waals surface area contributed by atoms with E-state index in [0.717, 1.165) is 22.8 Å². The molecule has 0 unspecified atom stereocenters. The summed E-state index contributed by atoms with van der Waals surface area (Å²) in [6, 6.07) is 25.8. The Morgan fingerprint density at radius 1 is 0.925 bits per heavy atom. The van der Waals surface area contributed by atoms with Gasteiger partial charge in [0.15, 0.2) is 0 Å². The van der Waals surface area contributed by atoms with Crippen LogP contribution in [0, 0.1) is 5.82 Å². The number of anilines is 1. The second-order valence-electron chi connectivity index (χ2n) is 10.2. The average Bonchev–Trinajstić information content (AvgIpc) is 3.24. The summed E-state index contributed by atoms with van der Waals surface area (Å²) in [5, 5.41) is 4.73. The number of hydrogen-bond acceptors (Lipinski definition) is 3. The second-order valence-corrected chi connectivity index (χ2v) is 10.2. The molecule has 0 fully saturated rings. The Morgan fingerprint density at radius 3 is 2.35 bits per heavy atom. The molecule has 0 aromatic heterocycles. The standard InChI is InChI=1S/C33H32FN3O3/c1-3-22(2)35-32(39)29(19-23-11-5-4-6-12-23)36(20-25-13-7-8-17-27(25)34)30(38)21-37-28-18-10-15-24-14-9-16-26(31(24)28)33(37)40/h4-18,22,29H,3,19-21H2,1-2H3,(H,35,39)/t22-,29+/m1/s1. The van der Waals surface area contributed by atoms with E-state index in [1.54, 1.807) is 24.3 Å². The Hall–Kier alpha value is -4.52. The van der Waals surface area contributed by atoms with Gasteiger partial charge in [-0.2, -0.15) is 0 Å². The molecular weight excluding hydrogens is 505 g/mol. The Kier molecular flexibility index (Phi) is 7.91. The van der Waals surface area contributed by atoms with Crippen LogP contribution in [0.15, 0.2) is 91.0 Å². The molecule has 0 radical (unpaired) electrons. The molecule has 2 atom stereocenters. The summed E-state index contributed by atoms with van der Waals surface area (Å²) in [4.78, 5) is 44.2. The maximum atomic E-state index is 14.9. The number of halogens is 1. The lowest BCUT2D eigenvalue weighted by molar-refractivity contribution is -0.140. The van der Waals surface area contributed by atoms with Crippen molar-refractivity contribution in [3.63, 3.8) is 0 Å². The molecule has 0 spiro atoms. The summed E-state index contributed by atoms with van der Waals surface area (Å²) in [6.45, 7) is 3.48. The molecule has 0 bridgehead atoms. The first-order valence-corrected chi connectivity index (χ1v) is 13.6. The van der Waals surface area contributed by atoms with Gasteiger partial charge in [-0.3, -0.25) is 19.3 Å². The smallest absolute Gasteiger partial charge is 0.259 e. The van der Waals surface area contributed by atoms with Crippen LogP contribution >= 0.6 is 0 Å². The summed E-state index contributed by atoms with van der Waals surface area (Å²) in [6.07, 6.45) is 0.961. The van der Waals surface area contributed by atoms with E-state index in [2.05, 4.69) is 5.32 Å². The molecule has 1 aliphatic heterocycles. The van der Waals surface area contributed by atoms with E-state index in [1.165, 1.54) is 15.9 Å². The molecule has 4 aromatic rings. The topological polar surface area (TPSA) is 69.7 Å². The highest BCUT2D eigenvalue weighted by Gasteiger charge is 2.36. The third kappa shape index (κ3) is 5.45.